The lowest BCUT2D eigenvalue weighted by atomic mass is 9.81. The van der Waals surface area contributed by atoms with Crippen molar-refractivity contribution in [1.29, 1.82) is 0 Å². The van der Waals surface area contributed by atoms with Crippen molar-refractivity contribution in [3.63, 3.8) is 0 Å². The predicted octanol–water partition coefficient (Wildman–Crippen LogP) is 3.88. The molecule has 0 saturated carbocycles. The molecule has 0 aliphatic heterocycles. The van der Waals surface area contributed by atoms with Crippen LogP contribution in [-0.4, -0.2) is 25.2 Å². The summed E-state index contributed by atoms with van der Waals surface area (Å²) in [6, 6.07) is 0.418. The molecule has 0 spiro atoms. The Labute approximate surface area is 153 Å². The van der Waals surface area contributed by atoms with Crippen LogP contribution in [0.1, 0.15) is 33.2 Å². The summed E-state index contributed by atoms with van der Waals surface area (Å²) in [4.78, 5) is 25.0. The molecule has 0 aromatic heterocycles. The van der Waals surface area contributed by atoms with E-state index in [1.807, 2.05) is 0 Å². The normalized spacial score (nSPS) is 13.8. The van der Waals surface area contributed by atoms with Gasteiger partial charge in [0.2, 0.25) is 0 Å². The van der Waals surface area contributed by atoms with Crippen LogP contribution in [0.5, 0.6) is 0 Å². The van der Waals surface area contributed by atoms with E-state index < -0.39 is 53.4 Å². The Bertz CT molecular complexity index is 962. The lowest BCUT2D eigenvalue weighted by molar-refractivity contribution is -0.163. The summed E-state index contributed by atoms with van der Waals surface area (Å²) < 4.78 is 64.2. The van der Waals surface area contributed by atoms with Crippen LogP contribution in [0.2, 0.25) is 0 Å². The van der Waals surface area contributed by atoms with Crippen molar-refractivity contribution in [2.75, 3.05) is 13.2 Å². The molecule has 0 fully saturated rings. The lowest BCUT2D eigenvalue weighted by Gasteiger charge is -2.25. The zero-order valence-corrected chi connectivity index (χ0v) is 14.2. The fraction of sp³-hybridized carbons (Fsp3) is 0.300. The van der Waals surface area contributed by atoms with Gasteiger partial charge in [-0.15, -0.1) is 0 Å². The maximum atomic E-state index is 15.0. The topological polar surface area (TPSA) is 52.6 Å². The second-order valence-corrected chi connectivity index (χ2v) is 5.26. The second kappa shape index (κ2) is 7.92. The van der Waals surface area contributed by atoms with Gasteiger partial charge >= 0.3 is 11.9 Å². The van der Waals surface area contributed by atoms with Crippen LogP contribution < -0.4 is 0 Å². The highest BCUT2D eigenvalue weighted by Gasteiger charge is 2.46. The number of rotatable bonds is 6. The van der Waals surface area contributed by atoms with Gasteiger partial charge in [0.1, 0.15) is 5.82 Å². The third-order valence-corrected chi connectivity index (χ3v) is 3.68. The predicted molar refractivity (Wildman–Crippen MR) is 92.5 cm³/mol. The number of ether oxygens (including phenoxy) is 2. The van der Waals surface area contributed by atoms with E-state index in [1.54, 1.807) is 13.8 Å². The number of hydrogen-bond acceptors (Lipinski definition) is 4. The van der Waals surface area contributed by atoms with Gasteiger partial charge in [-0.1, -0.05) is 42.3 Å². The van der Waals surface area contributed by atoms with Crippen molar-refractivity contribution in [3.05, 3.63) is 59.8 Å². The zero-order chi connectivity index (χ0) is 22.8. The first-order chi connectivity index (χ1) is 14.0. The largest absolute Gasteiger partial charge is 0.465 e. The number of carbonyl (C=O) groups is 2. The number of benzene rings is 2. The summed E-state index contributed by atoms with van der Waals surface area (Å²) in [5, 5.41) is 0. The molecule has 0 atom stereocenters. The minimum Gasteiger partial charge on any atom is -0.465 e. The van der Waals surface area contributed by atoms with Crippen molar-refractivity contribution in [1.82, 2.24) is 0 Å². The average molecular weight is 349 g/mol. The van der Waals surface area contributed by atoms with Crippen LogP contribution in [0.4, 0.5) is 4.39 Å². The smallest absolute Gasteiger partial charge is 0.327 e. The summed E-state index contributed by atoms with van der Waals surface area (Å²) >= 11 is 0. The minimum atomic E-state index is -1.94. The zero-order valence-electron chi connectivity index (χ0n) is 19.2. The van der Waals surface area contributed by atoms with Crippen molar-refractivity contribution >= 4 is 11.9 Å². The number of esters is 2. The van der Waals surface area contributed by atoms with Crippen molar-refractivity contribution in [3.8, 4) is 11.1 Å². The SMILES string of the molecule is [2H]c1c([2H])c([2H])c(-c2ccc(C(C)(C(=O)OCC)C(=O)OCC)cc2F)c([2H])c1[2H]. The Morgan fingerprint density at radius 3 is 2.12 bits per heavy atom. The molecule has 2 rings (SSSR count). The maximum Gasteiger partial charge on any atom is 0.327 e. The van der Waals surface area contributed by atoms with E-state index in [2.05, 4.69) is 0 Å². The van der Waals surface area contributed by atoms with Gasteiger partial charge in [-0.25, -0.2) is 4.39 Å². The first-order valence-corrected chi connectivity index (χ1v) is 7.74. The van der Waals surface area contributed by atoms with Gasteiger partial charge in [-0.05, 0) is 38.0 Å². The Balaban J connectivity index is 2.69. The molecule has 0 radical (unpaired) electrons. The second-order valence-electron chi connectivity index (χ2n) is 5.26. The average Bonchev–Trinajstić information content (AvgIpc) is 2.71. The van der Waals surface area contributed by atoms with Gasteiger partial charge in [0.15, 0.2) is 5.41 Å². The highest BCUT2D eigenvalue weighted by Crippen LogP contribution is 2.31. The molecule has 0 amide bonds. The Morgan fingerprint density at radius 2 is 1.64 bits per heavy atom. The highest BCUT2D eigenvalue weighted by atomic mass is 19.1. The van der Waals surface area contributed by atoms with Crippen LogP contribution in [0.15, 0.2) is 48.4 Å². The lowest BCUT2D eigenvalue weighted by Crippen LogP contribution is -2.43. The maximum absolute atomic E-state index is 15.0. The van der Waals surface area contributed by atoms with Crippen LogP contribution in [-0.2, 0) is 24.5 Å². The van der Waals surface area contributed by atoms with Gasteiger partial charge in [-0.3, -0.25) is 9.59 Å². The van der Waals surface area contributed by atoms with Crippen molar-refractivity contribution in [2.45, 2.75) is 26.2 Å². The van der Waals surface area contributed by atoms with E-state index >= 15 is 4.39 Å². The molecule has 5 heteroatoms. The summed E-state index contributed by atoms with van der Waals surface area (Å²) in [5.74, 6) is -2.80. The summed E-state index contributed by atoms with van der Waals surface area (Å²) in [6.45, 7) is 4.37. The van der Waals surface area contributed by atoms with Gasteiger partial charge in [-0.2, -0.15) is 0 Å². The standard InChI is InChI=1S/C20H21FO4/c1-4-24-18(22)20(3,19(23)25-5-2)15-11-12-16(17(21)13-15)14-9-7-6-8-10-14/h6-13H,4-5H2,1-3H3/i6D,7D,8D,9D,10D. The summed E-state index contributed by atoms with van der Waals surface area (Å²) in [5.41, 5.74) is -2.57. The molecule has 2 aromatic carbocycles. The third-order valence-electron chi connectivity index (χ3n) is 3.68. The first kappa shape index (κ1) is 12.6. The highest BCUT2D eigenvalue weighted by molar-refractivity contribution is 6.06. The van der Waals surface area contributed by atoms with Gasteiger partial charge in [0.25, 0.3) is 0 Å². The Morgan fingerprint density at radius 1 is 1.08 bits per heavy atom. The number of carbonyl (C=O) groups excluding carboxylic acids is 2. The quantitative estimate of drug-likeness (QED) is 0.587. The van der Waals surface area contributed by atoms with Crippen molar-refractivity contribution in [2.24, 2.45) is 0 Å². The Hall–Kier alpha value is -2.69. The summed E-state index contributed by atoms with van der Waals surface area (Å²) in [6.07, 6.45) is 0. The molecule has 0 N–H and O–H groups in total. The van der Waals surface area contributed by atoms with Crippen LogP contribution in [0.3, 0.4) is 0 Å². The van der Waals surface area contributed by atoms with E-state index in [-0.39, 0.29) is 29.9 Å². The molecule has 0 aliphatic rings. The molecule has 0 aliphatic carbocycles. The minimum absolute atomic E-state index is 0.00315. The molecule has 4 nitrogen and oxygen atoms in total. The third kappa shape index (κ3) is 3.71. The molecular weight excluding hydrogens is 323 g/mol. The fourth-order valence-electron chi connectivity index (χ4n) is 2.28. The van der Waals surface area contributed by atoms with Gasteiger partial charge in [0, 0.05) is 5.56 Å². The van der Waals surface area contributed by atoms with Crippen molar-refractivity contribution < 1.29 is 30.3 Å². The number of halogens is 1. The van der Waals surface area contributed by atoms with Gasteiger partial charge < -0.3 is 9.47 Å². The first-order valence-electron chi connectivity index (χ1n) is 10.2. The molecule has 0 bridgehead atoms. The Kier molecular flexibility index (Phi) is 4.01. The molecule has 132 valence electrons. The van der Waals surface area contributed by atoms with E-state index in [1.165, 1.54) is 13.0 Å². The van der Waals surface area contributed by atoms with Gasteiger partial charge in [0.05, 0.1) is 20.1 Å². The monoisotopic (exact) mass is 349 g/mol. The van der Waals surface area contributed by atoms with Crippen LogP contribution in [0, 0.1) is 5.82 Å². The summed E-state index contributed by atoms with van der Waals surface area (Å²) in [7, 11) is 0. The molecule has 0 heterocycles. The van der Waals surface area contributed by atoms with Crippen LogP contribution >= 0.6 is 0 Å². The molecule has 0 saturated heterocycles. The van der Waals surface area contributed by atoms with E-state index in [9.17, 15) is 9.59 Å². The fourth-order valence-corrected chi connectivity index (χ4v) is 2.28. The number of hydrogen-bond donors (Lipinski definition) is 0. The van der Waals surface area contributed by atoms with Crippen LogP contribution in [0.25, 0.3) is 11.1 Å². The van der Waals surface area contributed by atoms with E-state index in [4.69, 9.17) is 16.3 Å². The molecule has 2 aromatic rings. The molecule has 25 heavy (non-hydrogen) atoms. The molecular formula is C20H21FO4. The van der Waals surface area contributed by atoms with E-state index in [0.29, 0.717) is 0 Å². The van der Waals surface area contributed by atoms with E-state index in [0.717, 1.165) is 12.1 Å². The molecule has 0 unspecified atom stereocenters.